The lowest BCUT2D eigenvalue weighted by Crippen LogP contribution is -2.20. The van der Waals surface area contributed by atoms with Gasteiger partial charge in [0.25, 0.3) is 0 Å². The SMILES string of the molecule is CCCNc1nc(C(N)C(=O)O)cs1. The number of rotatable bonds is 5. The van der Waals surface area contributed by atoms with Gasteiger partial charge in [-0.1, -0.05) is 6.92 Å². The second-order valence-electron chi connectivity index (χ2n) is 2.82. The van der Waals surface area contributed by atoms with E-state index in [1.54, 1.807) is 5.38 Å². The minimum Gasteiger partial charge on any atom is -0.480 e. The number of hydrogen-bond donors (Lipinski definition) is 3. The third-order valence-electron chi connectivity index (χ3n) is 1.63. The maximum Gasteiger partial charge on any atom is 0.326 e. The molecule has 78 valence electrons. The Kier molecular flexibility index (Phi) is 3.84. The average molecular weight is 215 g/mol. The van der Waals surface area contributed by atoms with Crippen molar-refractivity contribution in [1.82, 2.24) is 4.98 Å². The Morgan fingerprint density at radius 3 is 3.14 bits per heavy atom. The fourth-order valence-corrected chi connectivity index (χ4v) is 1.64. The van der Waals surface area contributed by atoms with E-state index in [4.69, 9.17) is 10.8 Å². The third kappa shape index (κ3) is 2.68. The Morgan fingerprint density at radius 1 is 1.86 bits per heavy atom. The fraction of sp³-hybridized carbons (Fsp3) is 0.500. The van der Waals surface area contributed by atoms with Gasteiger partial charge in [-0.2, -0.15) is 0 Å². The molecule has 1 aromatic rings. The van der Waals surface area contributed by atoms with Crippen molar-refractivity contribution in [2.75, 3.05) is 11.9 Å². The van der Waals surface area contributed by atoms with Crippen LogP contribution in [0, 0.1) is 0 Å². The molecule has 1 atom stereocenters. The Balaban J connectivity index is 2.63. The quantitative estimate of drug-likeness (QED) is 0.683. The molecular weight excluding hydrogens is 202 g/mol. The van der Waals surface area contributed by atoms with Crippen molar-refractivity contribution in [3.05, 3.63) is 11.1 Å². The van der Waals surface area contributed by atoms with Crippen LogP contribution in [-0.4, -0.2) is 22.6 Å². The van der Waals surface area contributed by atoms with E-state index >= 15 is 0 Å². The molecule has 0 aliphatic heterocycles. The summed E-state index contributed by atoms with van der Waals surface area (Å²) in [7, 11) is 0. The summed E-state index contributed by atoms with van der Waals surface area (Å²) in [5, 5.41) is 14.1. The molecule has 1 rings (SSSR count). The number of nitrogens with zero attached hydrogens (tertiary/aromatic N) is 1. The summed E-state index contributed by atoms with van der Waals surface area (Å²) in [6.07, 6.45) is 1.000. The summed E-state index contributed by atoms with van der Waals surface area (Å²) in [5.74, 6) is -1.06. The van der Waals surface area contributed by atoms with Crippen LogP contribution in [0.25, 0.3) is 0 Å². The fourth-order valence-electron chi connectivity index (χ4n) is 0.869. The number of aliphatic carboxylic acids is 1. The Hall–Kier alpha value is -1.14. The second kappa shape index (κ2) is 4.92. The molecular formula is C8H13N3O2S. The molecule has 14 heavy (non-hydrogen) atoms. The van der Waals surface area contributed by atoms with Crippen molar-refractivity contribution in [2.45, 2.75) is 19.4 Å². The molecule has 0 aliphatic carbocycles. The predicted molar refractivity (Wildman–Crippen MR) is 55.5 cm³/mol. The first-order chi connectivity index (χ1) is 6.65. The van der Waals surface area contributed by atoms with E-state index in [9.17, 15) is 4.79 Å². The van der Waals surface area contributed by atoms with Crippen LogP contribution in [0.15, 0.2) is 5.38 Å². The monoisotopic (exact) mass is 215 g/mol. The van der Waals surface area contributed by atoms with Crippen LogP contribution in [0.1, 0.15) is 25.1 Å². The van der Waals surface area contributed by atoms with Gasteiger partial charge < -0.3 is 16.2 Å². The molecule has 0 fully saturated rings. The van der Waals surface area contributed by atoms with Crippen LogP contribution in [0.3, 0.4) is 0 Å². The van der Waals surface area contributed by atoms with Gasteiger partial charge in [0.1, 0.15) is 6.04 Å². The number of carboxylic acids is 1. The summed E-state index contributed by atoms with van der Waals surface area (Å²) < 4.78 is 0. The van der Waals surface area contributed by atoms with E-state index in [0.717, 1.165) is 18.1 Å². The lowest BCUT2D eigenvalue weighted by atomic mass is 10.2. The summed E-state index contributed by atoms with van der Waals surface area (Å²) in [6.45, 7) is 2.87. The van der Waals surface area contributed by atoms with Crippen molar-refractivity contribution >= 4 is 22.4 Å². The standard InChI is InChI=1S/C8H13N3O2S/c1-2-3-10-8-11-5(4-14-8)6(9)7(12)13/h4,6H,2-3,9H2,1H3,(H,10,11)(H,12,13). The van der Waals surface area contributed by atoms with Gasteiger partial charge in [-0.15, -0.1) is 11.3 Å². The Bertz CT molecular complexity index is 313. The van der Waals surface area contributed by atoms with Crippen molar-refractivity contribution < 1.29 is 9.90 Å². The van der Waals surface area contributed by atoms with E-state index < -0.39 is 12.0 Å². The summed E-state index contributed by atoms with van der Waals surface area (Å²) in [5.41, 5.74) is 5.80. The minimum absolute atomic E-state index is 0.404. The van der Waals surface area contributed by atoms with E-state index in [2.05, 4.69) is 10.3 Å². The maximum absolute atomic E-state index is 10.5. The molecule has 0 aromatic carbocycles. The second-order valence-corrected chi connectivity index (χ2v) is 3.68. The van der Waals surface area contributed by atoms with Crippen LogP contribution in [0.4, 0.5) is 5.13 Å². The first-order valence-corrected chi connectivity index (χ1v) is 5.20. The van der Waals surface area contributed by atoms with Crippen LogP contribution >= 0.6 is 11.3 Å². The molecule has 1 aromatic heterocycles. The Labute approximate surface area is 86.0 Å². The zero-order valence-electron chi connectivity index (χ0n) is 7.86. The van der Waals surface area contributed by atoms with Gasteiger partial charge in [0.15, 0.2) is 5.13 Å². The van der Waals surface area contributed by atoms with Gasteiger partial charge in [0.2, 0.25) is 0 Å². The van der Waals surface area contributed by atoms with Crippen LogP contribution < -0.4 is 11.1 Å². The molecule has 5 nitrogen and oxygen atoms in total. The van der Waals surface area contributed by atoms with Gasteiger partial charge in [-0.25, -0.2) is 4.98 Å². The number of hydrogen-bond acceptors (Lipinski definition) is 5. The molecule has 0 radical (unpaired) electrons. The number of nitrogens with one attached hydrogen (secondary N) is 1. The molecule has 1 heterocycles. The molecule has 0 saturated heterocycles. The first kappa shape index (κ1) is 10.9. The number of carbonyl (C=O) groups is 1. The lowest BCUT2D eigenvalue weighted by molar-refractivity contribution is -0.138. The van der Waals surface area contributed by atoms with Crippen LogP contribution in [0.5, 0.6) is 0 Å². The predicted octanol–water partition coefficient (Wildman–Crippen LogP) is 1.05. The highest BCUT2D eigenvalue weighted by Crippen LogP contribution is 2.19. The first-order valence-electron chi connectivity index (χ1n) is 4.32. The molecule has 0 saturated carbocycles. The van der Waals surface area contributed by atoms with Gasteiger partial charge in [0.05, 0.1) is 5.69 Å². The van der Waals surface area contributed by atoms with Crippen LogP contribution in [-0.2, 0) is 4.79 Å². The number of anilines is 1. The number of thiazole rings is 1. The minimum atomic E-state index is -1.06. The molecule has 0 amide bonds. The number of aromatic nitrogens is 1. The third-order valence-corrected chi connectivity index (χ3v) is 2.45. The van der Waals surface area contributed by atoms with Crippen molar-refractivity contribution in [3.63, 3.8) is 0 Å². The van der Waals surface area contributed by atoms with Gasteiger partial charge in [-0.3, -0.25) is 4.79 Å². The smallest absolute Gasteiger partial charge is 0.326 e. The summed E-state index contributed by atoms with van der Waals surface area (Å²) in [6, 6.07) is -1.02. The van der Waals surface area contributed by atoms with Crippen molar-refractivity contribution in [3.8, 4) is 0 Å². The normalized spacial score (nSPS) is 12.4. The van der Waals surface area contributed by atoms with Gasteiger partial charge >= 0.3 is 5.97 Å². The maximum atomic E-state index is 10.5. The highest BCUT2D eigenvalue weighted by atomic mass is 32.1. The zero-order valence-corrected chi connectivity index (χ0v) is 8.67. The largest absolute Gasteiger partial charge is 0.480 e. The number of nitrogens with two attached hydrogens (primary N) is 1. The van der Waals surface area contributed by atoms with Gasteiger partial charge in [0, 0.05) is 11.9 Å². The molecule has 0 bridgehead atoms. The highest BCUT2D eigenvalue weighted by molar-refractivity contribution is 7.13. The van der Waals surface area contributed by atoms with E-state index in [-0.39, 0.29) is 0 Å². The topological polar surface area (TPSA) is 88.2 Å². The molecule has 1 unspecified atom stereocenters. The molecule has 4 N–H and O–H groups in total. The van der Waals surface area contributed by atoms with E-state index in [1.165, 1.54) is 11.3 Å². The van der Waals surface area contributed by atoms with Gasteiger partial charge in [-0.05, 0) is 6.42 Å². The summed E-state index contributed by atoms with van der Waals surface area (Å²) >= 11 is 1.37. The zero-order chi connectivity index (χ0) is 10.6. The van der Waals surface area contributed by atoms with E-state index in [1.807, 2.05) is 6.92 Å². The van der Waals surface area contributed by atoms with E-state index in [0.29, 0.717) is 5.69 Å². The number of carboxylic acid groups (broad SMARTS) is 1. The van der Waals surface area contributed by atoms with Crippen molar-refractivity contribution in [1.29, 1.82) is 0 Å². The molecule has 6 heteroatoms. The lowest BCUT2D eigenvalue weighted by Gasteiger charge is -2.01. The molecule has 0 aliphatic rings. The summed E-state index contributed by atoms with van der Waals surface area (Å²) in [4.78, 5) is 14.6. The highest BCUT2D eigenvalue weighted by Gasteiger charge is 2.17. The van der Waals surface area contributed by atoms with Crippen molar-refractivity contribution in [2.24, 2.45) is 5.73 Å². The Morgan fingerprint density at radius 2 is 2.57 bits per heavy atom. The van der Waals surface area contributed by atoms with Crippen LogP contribution in [0.2, 0.25) is 0 Å². The average Bonchev–Trinajstić information content (AvgIpc) is 2.61. The molecule has 0 spiro atoms.